The van der Waals surface area contributed by atoms with E-state index >= 15 is 0 Å². The Labute approximate surface area is 176 Å². The number of piperidine rings is 1. The highest BCUT2D eigenvalue weighted by Gasteiger charge is 2.26. The van der Waals surface area contributed by atoms with Crippen LogP contribution in [0.1, 0.15) is 64.1 Å². The van der Waals surface area contributed by atoms with Gasteiger partial charge in [-0.2, -0.15) is 0 Å². The van der Waals surface area contributed by atoms with Crippen molar-refractivity contribution < 1.29 is 9.53 Å². The normalized spacial score (nSPS) is 18.1. The molecule has 0 spiro atoms. The molecule has 0 amide bonds. The lowest BCUT2D eigenvalue weighted by Crippen LogP contribution is -2.48. The molecule has 1 aromatic heterocycles. The molecule has 0 radical (unpaired) electrons. The topological polar surface area (TPSA) is 66.5 Å². The first-order valence-corrected chi connectivity index (χ1v) is 11.5. The van der Waals surface area contributed by atoms with E-state index in [1.165, 1.54) is 31.2 Å². The number of fused-ring (bicyclic) bond motifs is 1. The smallest absolute Gasteiger partial charge is 0.322 e. The van der Waals surface area contributed by atoms with Crippen molar-refractivity contribution in [3.05, 3.63) is 23.4 Å². The summed E-state index contributed by atoms with van der Waals surface area (Å²) in [5.41, 5.74) is 2.56. The first-order valence-electron chi connectivity index (χ1n) is 11.5. The summed E-state index contributed by atoms with van der Waals surface area (Å²) in [5.74, 6) is 0.970. The van der Waals surface area contributed by atoms with Crippen molar-refractivity contribution in [2.45, 2.75) is 77.8 Å². The molecule has 1 fully saturated rings. The van der Waals surface area contributed by atoms with Crippen molar-refractivity contribution in [2.24, 2.45) is 0 Å². The molecule has 6 nitrogen and oxygen atoms in total. The van der Waals surface area contributed by atoms with Gasteiger partial charge in [0.15, 0.2) is 0 Å². The fourth-order valence-electron chi connectivity index (χ4n) is 4.06. The molecule has 1 atom stereocenters. The molecule has 2 aliphatic rings. The maximum absolute atomic E-state index is 11.6. The second kappa shape index (κ2) is 12.8. The van der Waals surface area contributed by atoms with Crippen LogP contribution in [0.4, 0.5) is 5.82 Å². The highest BCUT2D eigenvalue weighted by atomic mass is 16.5. The van der Waals surface area contributed by atoms with E-state index in [-0.39, 0.29) is 12.0 Å². The maximum atomic E-state index is 11.6. The highest BCUT2D eigenvalue weighted by Crippen LogP contribution is 2.20. The predicted octanol–water partition coefficient (Wildman–Crippen LogP) is 3.40. The first kappa shape index (κ1) is 23.6. The molecule has 0 aliphatic carbocycles. The molecule has 1 aromatic rings. The fraction of sp³-hybridized carbons (Fsp3) is 0.739. The molecule has 1 unspecified atom stereocenters. The van der Waals surface area contributed by atoms with Crippen molar-refractivity contribution in [1.82, 2.24) is 15.2 Å². The van der Waals surface area contributed by atoms with Gasteiger partial charge in [-0.05, 0) is 70.0 Å². The highest BCUT2D eigenvalue weighted by molar-refractivity contribution is 5.75. The zero-order valence-electron chi connectivity index (χ0n) is 18.8. The molecular weight excluding hydrogens is 364 g/mol. The minimum atomic E-state index is -0.132. The number of nitrogens with zero attached hydrogens (tertiary/aromatic N) is 2. The van der Waals surface area contributed by atoms with Crippen LogP contribution in [0.3, 0.4) is 0 Å². The first-order chi connectivity index (χ1) is 14.2. The van der Waals surface area contributed by atoms with E-state index in [9.17, 15) is 4.79 Å². The van der Waals surface area contributed by atoms with E-state index in [0.717, 1.165) is 64.1 Å². The summed E-state index contributed by atoms with van der Waals surface area (Å²) in [6.45, 7) is 9.95. The van der Waals surface area contributed by atoms with Gasteiger partial charge in [-0.15, -0.1) is 0 Å². The van der Waals surface area contributed by atoms with Crippen LogP contribution in [0.5, 0.6) is 0 Å². The van der Waals surface area contributed by atoms with Crippen LogP contribution in [-0.2, 0) is 22.4 Å². The summed E-state index contributed by atoms with van der Waals surface area (Å²) >= 11 is 0. The van der Waals surface area contributed by atoms with Crippen molar-refractivity contribution in [3.8, 4) is 0 Å². The standard InChI is InChI=1S/C21H34N4O2.C2H6/c1-16(21(26)27-2)25-14-10-18(11-15-25)22-12-4-3-7-19-9-8-17-6-5-13-23-20(17)24-19;1-2/h8-9,16,18,22H,3-7,10-15H2,1-2H3,(H,23,24);1-2H3. The second-order valence-corrected chi connectivity index (χ2v) is 7.76. The van der Waals surface area contributed by atoms with Crippen LogP contribution in [-0.4, -0.2) is 61.2 Å². The van der Waals surface area contributed by atoms with Gasteiger partial charge in [-0.25, -0.2) is 4.98 Å². The van der Waals surface area contributed by atoms with Gasteiger partial charge in [0.05, 0.1) is 7.11 Å². The minimum Gasteiger partial charge on any atom is -0.468 e. The molecule has 29 heavy (non-hydrogen) atoms. The minimum absolute atomic E-state index is 0.130. The van der Waals surface area contributed by atoms with E-state index in [1.807, 2.05) is 20.8 Å². The molecule has 2 aliphatic heterocycles. The van der Waals surface area contributed by atoms with Gasteiger partial charge >= 0.3 is 5.97 Å². The van der Waals surface area contributed by atoms with Crippen molar-refractivity contribution in [1.29, 1.82) is 0 Å². The number of hydrogen-bond donors (Lipinski definition) is 2. The van der Waals surface area contributed by atoms with Crippen LogP contribution < -0.4 is 10.6 Å². The maximum Gasteiger partial charge on any atom is 0.322 e. The van der Waals surface area contributed by atoms with Gasteiger partial charge in [-0.3, -0.25) is 9.69 Å². The Bertz CT molecular complexity index is 615. The third kappa shape index (κ3) is 7.27. The Balaban J connectivity index is 0.00000145. The second-order valence-electron chi connectivity index (χ2n) is 7.76. The number of unbranched alkanes of at least 4 members (excludes halogenated alkanes) is 1. The number of ether oxygens (including phenoxy) is 1. The summed E-state index contributed by atoms with van der Waals surface area (Å²) < 4.78 is 4.85. The quantitative estimate of drug-likeness (QED) is 0.511. The molecule has 1 saturated heterocycles. The molecule has 0 bridgehead atoms. The molecular formula is C23H40N4O2. The van der Waals surface area contributed by atoms with E-state index in [1.54, 1.807) is 0 Å². The summed E-state index contributed by atoms with van der Waals surface area (Å²) in [6, 6.07) is 4.87. The zero-order chi connectivity index (χ0) is 21.1. The van der Waals surface area contributed by atoms with Crippen LogP contribution in [0.25, 0.3) is 0 Å². The number of esters is 1. The third-order valence-corrected chi connectivity index (χ3v) is 5.86. The number of carbonyl (C=O) groups is 1. The third-order valence-electron chi connectivity index (χ3n) is 5.86. The van der Waals surface area contributed by atoms with Crippen LogP contribution in [0.15, 0.2) is 12.1 Å². The Morgan fingerprint density at radius 3 is 2.79 bits per heavy atom. The average Bonchev–Trinajstić information content (AvgIpc) is 2.79. The number of hydrogen-bond acceptors (Lipinski definition) is 6. The molecule has 0 aromatic carbocycles. The average molecular weight is 405 g/mol. The number of carbonyl (C=O) groups excluding carboxylic acids is 1. The number of pyridine rings is 1. The van der Waals surface area contributed by atoms with Gasteiger partial charge in [-0.1, -0.05) is 19.9 Å². The van der Waals surface area contributed by atoms with Crippen molar-refractivity contribution >= 4 is 11.8 Å². The Hall–Kier alpha value is -1.66. The largest absolute Gasteiger partial charge is 0.468 e. The zero-order valence-corrected chi connectivity index (χ0v) is 18.8. The van der Waals surface area contributed by atoms with Crippen LogP contribution in [0, 0.1) is 0 Å². The van der Waals surface area contributed by atoms with Crippen molar-refractivity contribution in [2.75, 3.05) is 38.6 Å². The molecule has 6 heteroatoms. The van der Waals surface area contributed by atoms with Gasteiger partial charge < -0.3 is 15.4 Å². The number of nitrogens with one attached hydrogen (secondary N) is 2. The summed E-state index contributed by atoms with van der Waals surface area (Å²) in [6.07, 6.45) is 7.93. The number of likely N-dealkylation sites (tertiary alicyclic amines) is 1. The number of methoxy groups -OCH3 is 1. The predicted molar refractivity (Wildman–Crippen MR) is 119 cm³/mol. The lowest BCUT2D eigenvalue weighted by atomic mass is 10.0. The molecule has 164 valence electrons. The number of rotatable bonds is 8. The van der Waals surface area contributed by atoms with Crippen LogP contribution >= 0.6 is 0 Å². The Kier molecular flexibility index (Phi) is 10.4. The summed E-state index contributed by atoms with van der Waals surface area (Å²) in [7, 11) is 1.46. The molecule has 3 heterocycles. The van der Waals surface area contributed by atoms with E-state index in [4.69, 9.17) is 9.72 Å². The van der Waals surface area contributed by atoms with E-state index in [2.05, 4.69) is 27.7 Å². The Morgan fingerprint density at radius 1 is 1.31 bits per heavy atom. The monoisotopic (exact) mass is 404 g/mol. The molecule has 3 rings (SSSR count). The number of anilines is 1. The van der Waals surface area contributed by atoms with Gasteiger partial charge in [0.1, 0.15) is 11.9 Å². The fourth-order valence-corrected chi connectivity index (χ4v) is 4.06. The van der Waals surface area contributed by atoms with Gasteiger partial charge in [0, 0.05) is 31.4 Å². The number of aromatic nitrogens is 1. The molecule has 2 N–H and O–H groups in total. The van der Waals surface area contributed by atoms with Crippen LogP contribution in [0.2, 0.25) is 0 Å². The van der Waals surface area contributed by atoms with Crippen molar-refractivity contribution in [3.63, 3.8) is 0 Å². The van der Waals surface area contributed by atoms with Gasteiger partial charge in [0.2, 0.25) is 0 Å². The van der Waals surface area contributed by atoms with Gasteiger partial charge in [0.25, 0.3) is 0 Å². The molecule has 0 saturated carbocycles. The number of aryl methyl sites for hydroxylation is 2. The lowest BCUT2D eigenvalue weighted by molar-refractivity contribution is -0.146. The SMILES string of the molecule is CC.COC(=O)C(C)N1CCC(NCCCCc2ccc3c(n2)NCCC3)CC1. The van der Waals surface area contributed by atoms with E-state index < -0.39 is 0 Å². The van der Waals surface area contributed by atoms with E-state index in [0.29, 0.717) is 6.04 Å². The Morgan fingerprint density at radius 2 is 2.07 bits per heavy atom. The summed E-state index contributed by atoms with van der Waals surface area (Å²) in [5, 5.41) is 7.10. The summed E-state index contributed by atoms with van der Waals surface area (Å²) in [4.78, 5) is 18.6. The lowest BCUT2D eigenvalue weighted by Gasteiger charge is -2.35.